The highest BCUT2D eigenvalue weighted by Crippen LogP contribution is 2.30. The van der Waals surface area contributed by atoms with E-state index in [4.69, 9.17) is 15.0 Å². The highest BCUT2D eigenvalue weighted by atomic mass is 14.9. The second-order valence-electron chi connectivity index (χ2n) is 9.18. The molecule has 0 aliphatic rings. The van der Waals surface area contributed by atoms with Gasteiger partial charge in [-0.25, -0.2) is 15.0 Å². The van der Waals surface area contributed by atoms with Crippen molar-refractivity contribution in [3.8, 4) is 45.2 Å². The molecule has 0 amide bonds. The first-order valence-electron chi connectivity index (χ1n) is 12.6. The van der Waals surface area contributed by atoms with E-state index in [-0.39, 0.29) is 0 Å². The summed E-state index contributed by atoms with van der Waals surface area (Å²) in [4.78, 5) is 19.5. The molecule has 3 aromatic heterocycles. The highest BCUT2D eigenvalue weighted by Gasteiger charge is 2.12. The fourth-order valence-corrected chi connectivity index (χ4v) is 4.76. The van der Waals surface area contributed by atoms with Crippen LogP contribution in [0.15, 0.2) is 134 Å². The quantitative estimate of drug-likeness (QED) is 0.235. The molecule has 38 heavy (non-hydrogen) atoms. The SMILES string of the molecule is c1ccc(-c2cc(-c3ccccc3)nc(-c3ccc(-c4ccc5ccc6cccnc6c5n4)cc3)n2)cc1. The highest BCUT2D eigenvalue weighted by molar-refractivity contribution is 6.03. The molecule has 0 aliphatic heterocycles. The van der Waals surface area contributed by atoms with E-state index in [0.717, 1.165) is 61.1 Å². The molecule has 3 heterocycles. The summed E-state index contributed by atoms with van der Waals surface area (Å²) in [6.45, 7) is 0. The third-order valence-corrected chi connectivity index (χ3v) is 6.74. The van der Waals surface area contributed by atoms with Gasteiger partial charge in [0.1, 0.15) is 0 Å². The van der Waals surface area contributed by atoms with Crippen molar-refractivity contribution in [3.05, 3.63) is 134 Å². The van der Waals surface area contributed by atoms with Crippen LogP contribution in [0.3, 0.4) is 0 Å². The van der Waals surface area contributed by atoms with Crippen LogP contribution in [0, 0.1) is 0 Å². The Kier molecular flexibility index (Phi) is 5.41. The molecule has 7 rings (SSSR count). The molecule has 0 saturated heterocycles. The molecule has 7 aromatic rings. The van der Waals surface area contributed by atoms with E-state index in [1.165, 1.54) is 0 Å². The number of nitrogens with zero attached hydrogens (tertiary/aromatic N) is 4. The van der Waals surface area contributed by atoms with E-state index in [0.29, 0.717) is 5.82 Å². The van der Waals surface area contributed by atoms with Gasteiger partial charge in [0.05, 0.1) is 28.1 Å². The van der Waals surface area contributed by atoms with Gasteiger partial charge < -0.3 is 0 Å². The standard InChI is InChI=1S/C34H22N4/c1-3-8-23(9-4-1)30-22-31(24-10-5-2-6-11-24)38-34(37-30)28-17-13-25(14-18-28)29-20-19-27-16-15-26-12-7-21-35-32(26)33(27)36-29/h1-22H. The molecular weight excluding hydrogens is 464 g/mol. The first kappa shape index (κ1) is 22.0. The predicted molar refractivity (Wildman–Crippen MR) is 154 cm³/mol. The largest absolute Gasteiger partial charge is 0.254 e. The van der Waals surface area contributed by atoms with E-state index >= 15 is 0 Å². The number of aromatic nitrogens is 4. The van der Waals surface area contributed by atoms with Crippen LogP contribution in [-0.2, 0) is 0 Å². The molecule has 4 heteroatoms. The molecule has 4 aromatic carbocycles. The van der Waals surface area contributed by atoms with Crippen molar-refractivity contribution in [1.82, 2.24) is 19.9 Å². The Labute approximate surface area is 220 Å². The van der Waals surface area contributed by atoms with Crippen molar-refractivity contribution in [1.29, 1.82) is 0 Å². The Morgan fingerprint density at radius 3 is 1.58 bits per heavy atom. The van der Waals surface area contributed by atoms with Crippen LogP contribution in [0.4, 0.5) is 0 Å². The van der Waals surface area contributed by atoms with Crippen molar-refractivity contribution in [2.75, 3.05) is 0 Å². The van der Waals surface area contributed by atoms with Crippen LogP contribution >= 0.6 is 0 Å². The zero-order valence-electron chi connectivity index (χ0n) is 20.5. The average Bonchev–Trinajstić information content (AvgIpc) is 3.01. The summed E-state index contributed by atoms with van der Waals surface area (Å²) in [7, 11) is 0. The lowest BCUT2D eigenvalue weighted by atomic mass is 10.0. The minimum atomic E-state index is 0.693. The topological polar surface area (TPSA) is 51.6 Å². The van der Waals surface area contributed by atoms with Crippen molar-refractivity contribution < 1.29 is 0 Å². The molecule has 0 spiro atoms. The number of pyridine rings is 2. The number of fused-ring (bicyclic) bond motifs is 3. The lowest BCUT2D eigenvalue weighted by Crippen LogP contribution is -1.96. The molecule has 4 nitrogen and oxygen atoms in total. The number of benzene rings is 4. The Balaban J connectivity index is 1.30. The molecule has 0 bridgehead atoms. The molecule has 0 fully saturated rings. The molecule has 0 aliphatic carbocycles. The summed E-state index contributed by atoms with van der Waals surface area (Å²) in [5, 5.41) is 2.17. The first-order chi connectivity index (χ1) is 18.8. The first-order valence-corrected chi connectivity index (χ1v) is 12.6. The molecule has 0 unspecified atom stereocenters. The monoisotopic (exact) mass is 486 g/mol. The van der Waals surface area contributed by atoms with Gasteiger partial charge in [0.15, 0.2) is 5.82 Å². The van der Waals surface area contributed by atoms with Crippen LogP contribution in [0.5, 0.6) is 0 Å². The van der Waals surface area contributed by atoms with E-state index in [1.54, 1.807) is 0 Å². The van der Waals surface area contributed by atoms with Gasteiger partial charge in [0, 0.05) is 39.2 Å². The van der Waals surface area contributed by atoms with Crippen LogP contribution in [0.1, 0.15) is 0 Å². The molecule has 178 valence electrons. The number of hydrogen-bond acceptors (Lipinski definition) is 4. The van der Waals surface area contributed by atoms with Gasteiger partial charge in [-0.15, -0.1) is 0 Å². The van der Waals surface area contributed by atoms with E-state index in [9.17, 15) is 0 Å². The second kappa shape index (κ2) is 9.34. The van der Waals surface area contributed by atoms with Gasteiger partial charge in [0.2, 0.25) is 0 Å². The lowest BCUT2D eigenvalue weighted by molar-refractivity contribution is 1.18. The fraction of sp³-hybridized carbons (Fsp3) is 0. The van der Waals surface area contributed by atoms with E-state index in [2.05, 4.69) is 89.9 Å². The third-order valence-electron chi connectivity index (χ3n) is 6.74. The number of hydrogen-bond donors (Lipinski definition) is 0. The van der Waals surface area contributed by atoms with Crippen molar-refractivity contribution in [2.24, 2.45) is 0 Å². The van der Waals surface area contributed by atoms with Crippen LogP contribution in [-0.4, -0.2) is 19.9 Å². The Bertz CT molecular complexity index is 1840. The summed E-state index contributed by atoms with van der Waals surface area (Å²) in [6.07, 6.45) is 1.82. The van der Waals surface area contributed by atoms with Gasteiger partial charge in [-0.3, -0.25) is 4.98 Å². The maximum atomic E-state index is 4.99. The van der Waals surface area contributed by atoms with Crippen LogP contribution in [0.2, 0.25) is 0 Å². The van der Waals surface area contributed by atoms with Gasteiger partial charge in [-0.1, -0.05) is 109 Å². The fourth-order valence-electron chi connectivity index (χ4n) is 4.76. The van der Waals surface area contributed by atoms with Gasteiger partial charge in [0.25, 0.3) is 0 Å². The summed E-state index contributed by atoms with van der Waals surface area (Å²) in [5.41, 5.74) is 8.65. The van der Waals surface area contributed by atoms with Crippen molar-refractivity contribution in [3.63, 3.8) is 0 Å². The third kappa shape index (κ3) is 4.08. The smallest absolute Gasteiger partial charge is 0.160 e. The predicted octanol–water partition coefficient (Wildman–Crippen LogP) is 8.24. The van der Waals surface area contributed by atoms with E-state index < -0.39 is 0 Å². The summed E-state index contributed by atoms with van der Waals surface area (Å²) in [6, 6.07) is 43.2. The average molecular weight is 487 g/mol. The number of rotatable bonds is 4. The zero-order valence-corrected chi connectivity index (χ0v) is 20.5. The Hall–Kier alpha value is -5.22. The Morgan fingerprint density at radius 1 is 0.368 bits per heavy atom. The summed E-state index contributed by atoms with van der Waals surface area (Å²) >= 11 is 0. The lowest BCUT2D eigenvalue weighted by Gasteiger charge is -2.10. The maximum absolute atomic E-state index is 4.99. The molecule has 0 N–H and O–H groups in total. The van der Waals surface area contributed by atoms with E-state index in [1.807, 2.05) is 48.7 Å². The molecule has 0 saturated carbocycles. The van der Waals surface area contributed by atoms with Gasteiger partial charge in [-0.2, -0.15) is 0 Å². The second-order valence-corrected chi connectivity index (χ2v) is 9.18. The normalized spacial score (nSPS) is 11.2. The van der Waals surface area contributed by atoms with Gasteiger partial charge in [-0.05, 0) is 18.2 Å². The minimum absolute atomic E-state index is 0.693. The molecular formula is C34H22N4. The van der Waals surface area contributed by atoms with Crippen molar-refractivity contribution in [2.45, 2.75) is 0 Å². The van der Waals surface area contributed by atoms with Crippen LogP contribution in [0.25, 0.3) is 67.0 Å². The minimum Gasteiger partial charge on any atom is -0.254 e. The molecule has 0 atom stereocenters. The summed E-state index contributed by atoms with van der Waals surface area (Å²) in [5.74, 6) is 0.693. The maximum Gasteiger partial charge on any atom is 0.160 e. The van der Waals surface area contributed by atoms with Crippen LogP contribution < -0.4 is 0 Å². The Morgan fingerprint density at radius 2 is 0.921 bits per heavy atom. The van der Waals surface area contributed by atoms with Crippen molar-refractivity contribution >= 4 is 21.8 Å². The summed E-state index contributed by atoms with van der Waals surface area (Å²) < 4.78 is 0. The van der Waals surface area contributed by atoms with Gasteiger partial charge >= 0.3 is 0 Å². The molecule has 0 radical (unpaired) electrons. The zero-order chi connectivity index (χ0) is 25.3.